The van der Waals surface area contributed by atoms with E-state index < -0.39 is 0 Å². The zero-order chi connectivity index (χ0) is 15.4. The first-order chi connectivity index (χ1) is 11.3. The van der Waals surface area contributed by atoms with E-state index in [1.807, 2.05) is 53.8 Å². The van der Waals surface area contributed by atoms with E-state index in [-0.39, 0.29) is 20.1 Å². The number of aromatic nitrogens is 2. The molecule has 0 atom stereocenters. The van der Waals surface area contributed by atoms with Gasteiger partial charge in [-0.3, -0.25) is 0 Å². The molecule has 0 spiro atoms. The van der Waals surface area contributed by atoms with Crippen molar-refractivity contribution < 1.29 is 24.5 Å². The van der Waals surface area contributed by atoms with E-state index >= 15 is 0 Å². The number of fused-ring (bicyclic) bond motifs is 4. The molecule has 121 valence electrons. The van der Waals surface area contributed by atoms with Crippen LogP contribution in [0.1, 0.15) is 0 Å². The minimum Gasteiger partial charge on any atom is -0.514 e. The molecule has 24 heavy (non-hydrogen) atoms. The average Bonchev–Trinajstić information content (AvgIpc) is 3.13. The molecule has 6 heteroatoms. The van der Waals surface area contributed by atoms with Gasteiger partial charge in [0, 0.05) is 31.1 Å². The van der Waals surface area contributed by atoms with Gasteiger partial charge in [-0.25, -0.2) is 9.97 Å². The normalized spacial score (nSPS) is 13.4. The molecule has 0 N–H and O–H groups in total. The summed E-state index contributed by atoms with van der Waals surface area (Å²) < 4.78 is 6.09. The molecule has 0 amide bonds. The van der Waals surface area contributed by atoms with Gasteiger partial charge in [0.05, 0.1) is 11.9 Å². The Morgan fingerprint density at radius 3 is 2.96 bits per heavy atom. The van der Waals surface area contributed by atoms with Crippen LogP contribution in [0.3, 0.4) is 0 Å². The van der Waals surface area contributed by atoms with Gasteiger partial charge >= 0.3 is 0 Å². The summed E-state index contributed by atoms with van der Waals surface area (Å²) >= 11 is 0. The molecule has 2 aromatic heterocycles. The van der Waals surface area contributed by atoms with Crippen LogP contribution in [-0.4, -0.2) is 17.0 Å². The molecule has 0 aliphatic carbocycles. The van der Waals surface area contributed by atoms with Gasteiger partial charge in [-0.2, -0.15) is 24.9 Å². The van der Waals surface area contributed by atoms with Crippen molar-refractivity contribution >= 4 is 39.1 Å². The summed E-state index contributed by atoms with van der Waals surface area (Å²) in [6.07, 6.45) is 3.36. The number of nitrogens with zero attached hydrogens (tertiary/aromatic N) is 4. The first-order valence-electron chi connectivity index (χ1n) is 7.32. The topological polar surface area (TPSA) is 45.4 Å². The Labute approximate surface area is 152 Å². The second-order valence-electron chi connectivity index (χ2n) is 5.50. The van der Waals surface area contributed by atoms with Gasteiger partial charge in [0.2, 0.25) is 0 Å². The predicted molar refractivity (Wildman–Crippen MR) is 89.4 cm³/mol. The van der Waals surface area contributed by atoms with Crippen molar-refractivity contribution in [3.05, 3.63) is 61.7 Å². The van der Waals surface area contributed by atoms with Crippen molar-refractivity contribution in [1.82, 2.24) is 9.97 Å². The van der Waals surface area contributed by atoms with Gasteiger partial charge < -0.3 is 14.2 Å². The molecule has 1 radical (unpaired) electrons. The molecular formula is C18H12IrN4O-2. The fourth-order valence-electron chi connectivity index (χ4n) is 3.06. The number of benzene rings is 2. The molecule has 0 saturated carbocycles. The van der Waals surface area contributed by atoms with E-state index in [1.54, 1.807) is 12.5 Å². The Hall–Kier alpha value is -2.43. The summed E-state index contributed by atoms with van der Waals surface area (Å²) in [6.45, 7) is 1.97. The molecule has 0 bridgehead atoms. The second-order valence-corrected chi connectivity index (χ2v) is 5.50. The number of hydrogen-bond acceptors (Lipinski definition) is 5. The van der Waals surface area contributed by atoms with Crippen molar-refractivity contribution in [1.29, 1.82) is 0 Å². The second kappa shape index (κ2) is 5.58. The third kappa shape index (κ3) is 2.04. The fraction of sp³-hybridized carbons (Fsp3) is 0.0556. The van der Waals surface area contributed by atoms with Crippen LogP contribution in [0.15, 0.2) is 53.3 Å². The van der Waals surface area contributed by atoms with Gasteiger partial charge in [-0.05, 0) is 13.1 Å². The Bertz CT molecular complexity index is 1050. The monoisotopic (exact) mass is 493 g/mol. The number of rotatable bonds is 1. The van der Waals surface area contributed by atoms with E-state index in [4.69, 9.17) is 4.42 Å². The van der Waals surface area contributed by atoms with E-state index in [9.17, 15) is 0 Å². The van der Waals surface area contributed by atoms with Crippen molar-refractivity contribution in [3.8, 4) is 0 Å². The van der Waals surface area contributed by atoms with Crippen LogP contribution in [0.25, 0.3) is 21.9 Å². The number of furan rings is 1. The van der Waals surface area contributed by atoms with Crippen molar-refractivity contribution in [2.75, 3.05) is 16.8 Å². The summed E-state index contributed by atoms with van der Waals surface area (Å²) in [5.74, 6) is 0.826. The summed E-state index contributed by atoms with van der Waals surface area (Å²) in [4.78, 5) is 12.5. The van der Waals surface area contributed by atoms with Crippen LogP contribution in [0.4, 0.5) is 17.2 Å². The molecule has 3 heterocycles. The van der Waals surface area contributed by atoms with Gasteiger partial charge in [-0.15, -0.1) is 0 Å². The third-order valence-electron chi connectivity index (χ3n) is 4.13. The average molecular weight is 493 g/mol. The minimum atomic E-state index is 0. The van der Waals surface area contributed by atoms with Gasteiger partial charge in [0.25, 0.3) is 0 Å². The van der Waals surface area contributed by atoms with Gasteiger partial charge in [-0.1, -0.05) is 29.3 Å². The van der Waals surface area contributed by atoms with Gasteiger partial charge in [0.1, 0.15) is 17.7 Å². The maximum atomic E-state index is 6.09. The van der Waals surface area contributed by atoms with E-state index in [1.165, 1.54) is 0 Å². The summed E-state index contributed by atoms with van der Waals surface area (Å²) in [5.41, 5.74) is 3.49. The summed E-state index contributed by atoms with van der Waals surface area (Å²) in [5, 5.41) is 2.18. The van der Waals surface area contributed by atoms with Crippen molar-refractivity contribution in [3.63, 3.8) is 0 Å². The zero-order valence-electron chi connectivity index (χ0n) is 12.7. The SMILES string of the molecule is CN1[CH-]N(c2[c-]ccc3c2oc2ccccc23)c2ncncc21.[Ir]. The Morgan fingerprint density at radius 2 is 2.04 bits per heavy atom. The van der Waals surface area contributed by atoms with Crippen LogP contribution in [0.2, 0.25) is 0 Å². The molecule has 0 saturated heterocycles. The van der Waals surface area contributed by atoms with E-state index in [0.29, 0.717) is 0 Å². The first kappa shape index (κ1) is 15.1. The molecule has 1 aliphatic heterocycles. The Morgan fingerprint density at radius 1 is 1.17 bits per heavy atom. The first-order valence-corrected chi connectivity index (χ1v) is 7.32. The maximum absolute atomic E-state index is 6.09. The summed E-state index contributed by atoms with van der Waals surface area (Å²) in [6, 6.07) is 15.3. The smallest absolute Gasteiger partial charge is 0.128 e. The van der Waals surface area contributed by atoms with E-state index in [2.05, 4.69) is 22.1 Å². The third-order valence-corrected chi connectivity index (χ3v) is 4.13. The number of anilines is 3. The van der Waals surface area contributed by atoms with Crippen molar-refractivity contribution in [2.24, 2.45) is 0 Å². The van der Waals surface area contributed by atoms with Crippen LogP contribution in [0.5, 0.6) is 0 Å². The van der Waals surface area contributed by atoms with Crippen LogP contribution >= 0.6 is 0 Å². The van der Waals surface area contributed by atoms with Gasteiger partial charge in [0.15, 0.2) is 0 Å². The van der Waals surface area contributed by atoms with Crippen molar-refractivity contribution in [2.45, 2.75) is 0 Å². The largest absolute Gasteiger partial charge is 0.514 e. The Kier molecular flexibility index (Phi) is 3.52. The molecule has 0 unspecified atom stereocenters. The molecular weight excluding hydrogens is 480 g/mol. The molecule has 4 aromatic rings. The Balaban J connectivity index is 0.00000146. The molecule has 5 nitrogen and oxygen atoms in total. The minimum absolute atomic E-state index is 0. The maximum Gasteiger partial charge on any atom is 0.128 e. The quantitative estimate of drug-likeness (QED) is 0.378. The number of para-hydroxylation sites is 1. The zero-order valence-corrected chi connectivity index (χ0v) is 15.1. The molecule has 0 fully saturated rings. The van der Waals surface area contributed by atoms with Crippen LogP contribution in [-0.2, 0) is 20.1 Å². The van der Waals surface area contributed by atoms with Crippen LogP contribution in [0, 0.1) is 12.7 Å². The van der Waals surface area contributed by atoms with E-state index in [0.717, 1.165) is 39.1 Å². The number of hydrogen-bond donors (Lipinski definition) is 0. The molecule has 5 rings (SSSR count). The summed E-state index contributed by atoms with van der Waals surface area (Å²) in [7, 11) is 1.97. The predicted octanol–water partition coefficient (Wildman–Crippen LogP) is 3.88. The molecule has 2 aromatic carbocycles. The van der Waals surface area contributed by atoms with Crippen LogP contribution < -0.4 is 9.80 Å². The molecule has 1 aliphatic rings. The fourth-order valence-corrected chi connectivity index (χ4v) is 3.06. The standard InChI is InChI=1S/C18H12N4O.Ir/c1-21-11-22(18-15(21)9-19-10-20-18)14-7-4-6-13-12-5-2-3-8-16(12)23-17(13)14;/h2-6,8-11H,1H3;/q-2;.